The Morgan fingerprint density at radius 2 is 2.00 bits per heavy atom. The van der Waals surface area contributed by atoms with Crippen LogP contribution in [0, 0.1) is 0 Å². The summed E-state index contributed by atoms with van der Waals surface area (Å²) in [5.41, 5.74) is 2.91. The summed E-state index contributed by atoms with van der Waals surface area (Å²) in [4.78, 5) is 17.5. The van der Waals surface area contributed by atoms with Crippen molar-refractivity contribution in [1.29, 1.82) is 0 Å². The zero-order valence-electron chi connectivity index (χ0n) is 17.5. The molecule has 0 atom stereocenters. The molecule has 0 bridgehead atoms. The fourth-order valence-electron chi connectivity index (χ4n) is 3.39. The van der Waals surface area contributed by atoms with Gasteiger partial charge in [-0.15, -0.1) is 11.3 Å². The first-order valence-corrected chi connectivity index (χ1v) is 10.9. The quantitative estimate of drug-likeness (QED) is 0.464. The fraction of sp³-hybridized carbons (Fsp3) is 0.174. The van der Waals surface area contributed by atoms with Gasteiger partial charge in [-0.3, -0.25) is 9.48 Å². The van der Waals surface area contributed by atoms with Crippen LogP contribution in [0.1, 0.15) is 17.3 Å². The number of carbonyl (C=O) groups excluding carboxylic acids is 1. The van der Waals surface area contributed by atoms with Crippen molar-refractivity contribution < 1.29 is 19.0 Å². The minimum atomic E-state index is -0.260. The molecule has 0 aliphatic carbocycles. The van der Waals surface area contributed by atoms with Gasteiger partial charge in [-0.2, -0.15) is 5.10 Å². The molecule has 1 aliphatic heterocycles. The van der Waals surface area contributed by atoms with E-state index in [1.807, 2.05) is 42.6 Å². The van der Waals surface area contributed by atoms with E-state index in [0.29, 0.717) is 35.2 Å². The lowest BCUT2D eigenvalue weighted by atomic mass is 10.1. The summed E-state index contributed by atoms with van der Waals surface area (Å²) in [6.45, 7) is 2.60. The third-order valence-corrected chi connectivity index (χ3v) is 5.81. The van der Waals surface area contributed by atoms with Crippen LogP contribution in [0.2, 0.25) is 0 Å². The Morgan fingerprint density at radius 3 is 2.88 bits per heavy atom. The molecule has 32 heavy (non-hydrogen) atoms. The molecule has 0 unspecified atom stereocenters. The number of thiazole rings is 1. The van der Waals surface area contributed by atoms with Crippen molar-refractivity contribution in [2.24, 2.45) is 7.05 Å². The molecule has 2 aromatic heterocycles. The molecule has 5 rings (SSSR count). The Hall–Kier alpha value is -3.85. The fourth-order valence-corrected chi connectivity index (χ4v) is 4.17. The van der Waals surface area contributed by atoms with Crippen molar-refractivity contribution in [3.05, 3.63) is 59.5 Å². The van der Waals surface area contributed by atoms with E-state index in [-0.39, 0.29) is 12.7 Å². The summed E-state index contributed by atoms with van der Waals surface area (Å²) in [6, 6.07) is 14.7. The first kappa shape index (κ1) is 20.1. The van der Waals surface area contributed by atoms with E-state index >= 15 is 0 Å². The van der Waals surface area contributed by atoms with Crippen LogP contribution in [0.4, 0.5) is 5.82 Å². The second-order valence-corrected chi connectivity index (χ2v) is 7.89. The third kappa shape index (κ3) is 3.78. The molecule has 2 aromatic carbocycles. The van der Waals surface area contributed by atoms with Gasteiger partial charge in [0.25, 0.3) is 5.91 Å². The monoisotopic (exact) mass is 448 g/mol. The number of hydrogen-bond acceptors (Lipinski definition) is 7. The maximum atomic E-state index is 12.8. The molecule has 0 saturated heterocycles. The van der Waals surface area contributed by atoms with Crippen LogP contribution < -0.4 is 19.5 Å². The lowest BCUT2D eigenvalue weighted by Crippen LogP contribution is -2.15. The van der Waals surface area contributed by atoms with E-state index in [9.17, 15) is 4.79 Å². The first-order chi connectivity index (χ1) is 15.6. The van der Waals surface area contributed by atoms with Crippen LogP contribution in [0.25, 0.3) is 22.0 Å². The highest BCUT2D eigenvalue weighted by molar-refractivity contribution is 7.13. The Labute approximate surface area is 188 Å². The Kier molecular flexibility index (Phi) is 5.24. The molecule has 9 heteroatoms. The number of aryl methyl sites for hydroxylation is 1. The van der Waals surface area contributed by atoms with Crippen molar-refractivity contribution in [3.8, 4) is 39.2 Å². The molecule has 1 aliphatic rings. The van der Waals surface area contributed by atoms with E-state index in [1.165, 1.54) is 11.3 Å². The highest BCUT2D eigenvalue weighted by Crippen LogP contribution is 2.37. The van der Waals surface area contributed by atoms with E-state index in [1.54, 1.807) is 29.9 Å². The molecule has 0 saturated carbocycles. The van der Waals surface area contributed by atoms with Gasteiger partial charge in [0.1, 0.15) is 22.3 Å². The molecule has 1 N–H and O–H groups in total. The average Bonchev–Trinajstić information content (AvgIpc) is 3.54. The molecule has 0 spiro atoms. The molecular formula is C23H20N4O4S. The molecule has 162 valence electrons. The van der Waals surface area contributed by atoms with Gasteiger partial charge in [-0.05, 0) is 37.3 Å². The van der Waals surface area contributed by atoms with Gasteiger partial charge in [0.2, 0.25) is 6.79 Å². The topological polar surface area (TPSA) is 87.5 Å². The van der Waals surface area contributed by atoms with E-state index in [0.717, 1.165) is 22.0 Å². The minimum absolute atomic E-state index is 0.235. The summed E-state index contributed by atoms with van der Waals surface area (Å²) in [5.74, 6) is 2.30. The van der Waals surface area contributed by atoms with E-state index < -0.39 is 0 Å². The number of fused-ring (bicyclic) bond motifs is 1. The Balaban J connectivity index is 1.37. The number of benzene rings is 2. The standard InChI is InChI=1S/C23H20N4O4S/c1-3-29-18-7-5-4-6-15(18)22(28)25-21-11-16(26-27(21)2)23-24-17(12-32-23)14-8-9-19-20(10-14)31-13-30-19/h4-12H,3,13H2,1-2H3,(H,25,28). The summed E-state index contributed by atoms with van der Waals surface area (Å²) in [5, 5.41) is 10.2. The second kappa shape index (κ2) is 8.35. The molecule has 8 nitrogen and oxygen atoms in total. The van der Waals surface area contributed by atoms with Gasteiger partial charge in [0.15, 0.2) is 11.5 Å². The van der Waals surface area contributed by atoms with Gasteiger partial charge in [0.05, 0.1) is 17.9 Å². The predicted octanol–water partition coefficient (Wildman–Crippen LogP) is 4.59. The highest BCUT2D eigenvalue weighted by Gasteiger charge is 2.18. The summed E-state index contributed by atoms with van der Waals surface area (Å²) in [6.07, 6.45) is 0. The summed E-state index contributed by atoms with van der Waals surface area (Å²) >= 11 is 1.49. The van der Waals surface area contributed by atoms with Crippen LogP contribution in [-0.2, 0) is 7.05 Å². The zero-order chi connectivity index (χ0) is 22.1. The summed E-state index contributed by atoms with van der Waals surface area (Å²) in [7, 11) is 1.78. The van der Waals surface area contributed by atoms with E-state index in [2.05, 4.69) is 10.4 Å². The number of ether oxygens (including phenoxy) is 3. The number of rotatable bonds is 6. The van der Waals surface area contributed by atoms with Gasteiger partial charge < -0.3 is 19.5 Å². The van der Waals surface area contributed by atoms with Gasteiger partial charge >= 0.3 is 0 Å². The predicted molar refractivity (Wildman–Crippen MR) is 121 cm³/mol. The molecule has 0 fully saturated rings. The van der Waals surface area contributed by atoms with Crippen molar-refractivity contribution in [1.82, 2.24) is 14.8 Å². The number of aromatic nitrogens is 3. The van der Waals surface area contributed by atoms with Crippen LogP contribution in [0.15, 0.2) is 53.9 Å². The molecular weight excluding hydrogens is 428 g/mol. The maximum Gasteiger partial charge on any atom is 0.260 e. The number of amides is 1. The Morgan fingerprint density at radius 1 is 1.16 bits per heavy atom. The number of para-hydroxylation sites is 1. The van der Waals surface area contributed by atoms with Gasteiger partial charge in [-0.1, -0.05) is 12.1 Å². The lowest BCUT2D eigenvalue weighted by Gasteiger charge is -2.10. The molecule has 3 heterocycles. The SMILES string of the molecule is CCOc1ccccc1C(=O)Nc1cc(-c2nc(-c3ccc4c(c3)OCO4)cs2)nn1C. The average molecular weight is 449 g/mol. The number of nitrogens with one attached hydrogen (secondary N) is 1. The summed E-state index contributed by atoms with van der Waals surface area (Å²) < 4.78 is 18.0. The maximum absolute atomic E-state index is 12.8. The second-order valence-electron chi connectivity index (χ2n) is 7.03. The normalized spacial score (nSPS) is 12.1. The minimum Gasteiger partial charge on any atom is -0.493 e. The smallest absolute Gasteiger partial charge is 0.260 e. The van der Waals surface area contributed by atoms with Crippen molar-refractivity contribution in [3.63, 3.8) is 0 Å². The van der Waals surface area contributed by atoms with Crippen molar-refractivity contribution in [2.75, 3.05) is 18.7 Å². The molecule has 0 radical (unpaired) electrons. The van der Waals surface area contributed by atoms with E-state index in [4.69, 9.17) is 19.2 Å². The van der Waals surface area contributed by atoms with Crippen LogP contribution in [0.5, 0.6) is 17.2 Å². The zero-order valence-corrected chi connectivity index (χ0v) is 18.3. The number of hydrogen-bond donors (Lipinski definition) is 1. The lowest BCUT2D eigenvalue weighted by molar-refractivity contribution is 0.102. The number of anilines is 1. The molecule has 4 aromatic rings. The van der Waals surface area contributed by atoms with Crippen molar-refractivity contribution in [2.45, 2.75) is 6.92 Å². The van der Waals surface area contributed by atoms with Crippen LogP contribution in [-0.4, -0.2) is 34.1 Å². The Bertz CT molecular complexity index is 1300. The van der Waals surface area contributed by atoms with Crippen LogP contribution in [0.3, 0.4) is 0 Å². The highest BCUT2D eigenvalue weighted by atomic mass is 32.1. The van der Waals surface area contributed by atoms with Crippen LogP contribution >= 0.6 is 11.3 Å². The third-order valence-electron chi connectivity index (χ3n) is 4.94. The van der Waals surface area contributed by atoms with Gasteiger partial charge in [0, 0.05) is 24.1 Å². The molecule has 1 amide bonds. The largest absolute Gasteiger partial charge is 0.493 e. The van der Waals surface area contributed by atoms with Gasteiger partial charge in [-0.25, -0.2) is 4.98 Å². The van der Waals surface area contributed by atoms with Crippen molar-refractivity contribution >= 4 is 23.1 Å². The number of carbonyl (C=O) groups is 1. The first-order valence-electron chi connectivity index (χ1n) is 10.1. The number of nitrogens with zero attached hydrogens (tertiary/aromatic N) is 3.